The molecule has 3 N–H and O–H groups in total. The van der Waals surface area contributed by atoms with Crippen LogP contribution in [0.2, 0.25) is 0 Å². The lowest BCUT2D eigenvalue weighted by atomic mass is 10.5. The number of hydrogen-bond donors (Lipinski definition) is 3. The second-order valence-corrected chi connectivity index (χ2v) is 1.01. The van der Waals surface area contributed by atoms with Gasteiger partial charge < -0.3 is 15.3 Å². The third-order valence-corrected chi connectivity index (χ3v) is 0.224. The van der Waals surface area contributed by atoms with Gasteiger partial charge in [-0.3, -0.25) is 0 Å². The van der Waals surface area contributed by atoms with Crippen LogP contribution in [0, 0.1) is 0 Å². The predicted octanol–water partition coefficient (Wildman–Crippen LogP) is 0.611. The van der Waals surface area contributed by atoms with Gasteiger partial charge in [-0.05, 0) is 6.42 Å². The predicted molar refractivity (Wildman–Crippen MR) is 28.0 cm³/mol. The van der Waals surface area contributed by atoms with Gasteiger partial charge in [0.2, 0.25) is 0 Å². The Hall–Kier alpha value is -0.770. The van der Waals surface area contributed by atoms with Crippen LogP contribution >= 0.6 is 0 Å². The van der Waals surface area contributed by atoms with Crippen molar-refractivity contribution in [2.75, 3.05) is 6.61 Å². The molecule has 0 amide bonds. The van der Waals surface area contributed by atoms with Crippen LogP contribution in [0.25, 0.3) is 0 Å². The van der Waals surface area contributed by atoms with E-state index in [2.05, 4.69) is 0 Å². The van der Waals surface area contributed by atoms with E-state index in [1.54, 1.807) is 0 Å². The third-order valence-electron chi connectivity index (χ3n) is 0.224. The van der Waals surface area contributed by atoms with Crippen molar-refractivity contribution in [3.63, 3.8) is 0 Å². The van der Waals surface area contributed by atoms with E-state index in [1.165, 1.54) is 0 Å². The molecule has 0 fully saturated rings. The minimum atomic E-state index is -1.83. The molecule has 50 valence electrons. The summed E-state index contributed by atoms with van der Waals surface area (Å²) in [6.07, 6.45) is -0.958. The highest BCUT2D eigenvalue weighted by molar-refractivity contribution is 5.53. The number of rotatable bonds is 1. The number of aliphatic hydroxyl groups excluding tert-OH is 1. The van der Waals surface area contributed by atoms with Gasteiger partial charge >= 0.3 is 6.16 Å². The SMILES string of the molecule is CCCO.O=C(O)O. The zero-order chi connectivity index (χ0) is 6.99. The average molecular weight is 122 g/mol. The van der Waals surface area contributed by atoms with Crippen molar-refractivity contribution >= 4 is 6.16 Å². The van der Waals surface area contributed by atoms with E-state index < -0.39 is 6.16 Å². The summed E-state index contributed by atoms with van der Waals surface area (Å²) in [6.45, 7) is 2.25. The molecule has 0 aliphatic rings. The number of hydrogen-bond acceptors (Lipinski definition) is 2. The largest absolute Gasteiger partial charge is 0.503 e. The second-order valence-electron chi connectivity index (χ2n) is 1.01. The van der Waals surface area contributed by atoms with Gasteiger partial charge in [0.25, 0.3) is 0 Å². The van der Waals surface area contributed by atoms with E-state index in [1.807, 2.05) is 6.92 Å². The Morgan fingerprint density at radius 3 is 1.62 bits per heavy atom. The highest BCUT2D eigenvalue weighted by atomic mass is 16.6. The lowest BCUT2D eigenvalue weighted by Gasteiger charge is -1.69. The summed E-state index contributed by atoms with van der Waals surface area (Å²) < 4.78 is 0. The maximum atomic E-state index is 8.56. The van der Waals surface area contributed by atoms with Gasteiger partial charge in [0.1, 0.15) is 0 Å². The molecule has 0 saturated heterocycles. The molecule has 0 bridgehead atoms. The van der Waals surface area contributed by atoms with E-state index in [9.17, 15) is 0 Å². The molecule has 0 atom stereocenters. The Balaban J connectivity index is 0. The number of aliphatic hydroxyl groups is 1. The molecule has 0 aliphatic carbocycles. The Morgan fingerprint density at radius 2 is 1.62 bits per heavy atom. The van der Waals surface area contributed by atoms with Gasteiger partial charge in [-0.15, -0.1) is 0 Å². The molecule has 4 nitrogen and oxygen atoms in total. The molecule has 0 heterocycles. The molecule has 0 spiro atoms. The summed E-state index contributed by atoms with van der Waals surface area (Å²) in [4.78, 5) is 8.56. The van der Waals surface area contributed by atoms with Crippen molar-refractivity contribution in [2.45, 2.75) is 13.3 Å². The van der Waals surface area contributed by atoms with Gasteiger partial charge in [-0.25, -0.2) is 4.79 Å². The Morgan fingerprint density at radius 1 is 1.50 bits per heavy atom. The smallest absolute Gasteiger partial charge is 0.450 e. The summed E-state index contributed by atoms with van der Waals surface area (Å²) in [6, 6.07) is 0. The van der Waals surface area contributed by atoms with Crippen LogP contribution in [0.15, 0.2) is 0 Å². The molecule has 0 aromatic heterocycles. The van der Waals surface area contributed by atoms with Crippen LogP contribution in [0.3, 0.4) is 0 Å². The molecule has 0 aromatic carbocycles. The first-order valence-corrected chi connectivity index (χ1v) is 2.17. The number of carbonyl (C=O) groups is 1. The van der Waals surface area contributed by atoms with Gasteiger partial charge in [-0.2, -0.15) is 0 Å². The highest BCUT2D eigenvalue weighted by Gasteiger charge is 1.70. The lowest BCUT2D eigenvalue weighted by molar-refractivity contribution is 0.137. The van der Waals surface area contributed by atoms with E-state index in [-0.39, 0.29) is 0 Å². The average Bonchev–Trinajstić information content (AvgIpc) is 1.65. The summed E-state index contributed by atoms with van der Waals surface area (Å²) in [7, 11) is 0. The van der Waals surface area contributed by atoms with E-state index in [0.29, 0.717) is 6.61 Å². The Bertz CT molecular complexity index is 46.0. The minimum absolute atomic E-state index is 0.319. The summed E-state index contributed by atoms with van der Waals surface area (Å²) in [5.41, 5.74) is 0. The molecular weight excluding hydrogens is 112 g/mol. The van der Waals surface area contributed by atoms with Crippen molar-refractivity contribution in [3.8, 4) is 0 Å². The molecule has 0 rings (SSSR count). The van der Waals surface area contributed by atoms with Gasteiger partial charge in [0.15, 0.2) is 0 Å². The first kappa shape index (κ1) is 10.3. The van der Waals surface area contributed by atoms with Gasteiger partial charge in [0, 0.05) is 6.61 Å². The maximum absolute atomic E-state index is 8.56. The fourth-order valence-electron chi connectivity index (χ4n) is 0. The van der Waals surface area contributed by atoms with Crippen LogP contribution in [-0.4, -0.2) is 28.1 Å². The molecule has 0 saturated carbocycles. The van der Waals surface area contributed by atoms with Crippen molar-refractivity contribution in [3.05, 3.63) is 0 Å². The Labute approximate surface area is 47.4 Å². The normalized spacial score (nSPS) is 6.75. The first-order valence-electron chi connectivity index (χ1n) is 2.17. The van der Waals surface area contributed by atoms with E-state index in [0.717, 1.165) is 6.42 Å². The van der Waals surface area contributed by atoms with Crippen LogP contribution in [0.5, 0.6) is 0 Å². The number of carboxylic acid groups (broad SMARTS) is 2. The molecule has 0 unspecified atom stereocenters. The van der Waals surface area contributed by atoms with Crippen molar-refractivity contribution in [2.24, 2.45) is 0 Å². The summed E-state index contributed by atoms with van der Waals surface area (Å²) in [5, 5.41) is 21.8. The second kappa shape index (κ2) is 9.52. The van der Waals surface area contributed by atoms with Crippen molar-refractivity contribution in [1.29, 1.82) is 0 Å². The Kier molecular flexibility index (Phi) is 12.2. The molecule has 0 radical (unpaired) electrons. The van der Waals surface area contributed by atoms with Gasteiger partial charge in [0.05, 0.1) is 0 Å². The standard InChI is InChI=1S/C3H8O.CH2O3/c1-2-3-4;2-1(3)4/h4H,2-3H2,1H3;(H2,2,3,4). The summed E-state index contributed by atoms with van der Waals surface area (Å²) in [5.74, 6) is 0. The fourth-order valence-corrected chi connectivity index (χ4v) is 0. The topological polar surface area (TPSA) is 77.8 Å². The van der Waals surface area contributed by atoms with Crippen molar-refractivity contribution in [1.82, 2.24) is 0 Å². The zero-order valence-corrected chi connectivity index (χ0v) is 4.66. The van der Waals surface area contributed by atoms with Crippen molar-refractivity contribution < 1.29 is 20.1 Å². The van der Waals surface area contributed by atoms with E-state index in [4.69, 9.17) is 20.1 Å². The maximum Gasteiger partial charge on any atom is 0.503 e. The fraction of sp³-hybridized carbons (Fsp3) is 0.750. The van der Waals surface area contributed by atoms with Crippen LogP contribution in [0.1, 0.15) is 13.3 Å². The first-order chi connectivity index (χ1) is 3.65. The van der Waals surface area contributed by atoms with Crippen LogP contribution < -0.4 is 0 Å². The highest BCUT2D eigenvalue weighted by Crippen LogP contribution is 1.61. The molecule has 4 heteroatoms. The monoisotopic (exact) mass is 122 g/mol. The zero-order valence-electron chi connectivity index (χ0n) is 4.66. The molecule has 8 heavy (non-hydrogen) atoms. The van der Waals surface area contributed by atoms with Crippen LogP contribution in [-0.2, 0) is 0 Å². The quantitative estimate of drug-likeness (QED) is 0.476. The molecular formula is C4H10O4. The molecule has 0 aliphatic heterocycles. The van der Waals surface area contributed by atoms with Gasteiger partial charge in [-0.1, -0.05) is 6.92 Å². The lowest BCUT2D eigenvalue weighted by Crippen LogP contribution is -1.81. The van der Waals surface area contributed by atoms with Crippen LogP contribution in [0.4, 0.5) is 4.79 Å². The summed E-state index contributed by atoms with van der Waals surface area (Å²) >= 11 is 0. The molecule has 0 aromatic rings. The minimum Gasteiger partial charge on any atom is -0.450 e. The third kappa shape index (κ3) is 1770. The van der Waals surface area contributed by atoms with E-state index >= 15 is 0 Å².